The molecule has 0 N–H and O–H groups in total. The van der Waals surface area contributed by atoms with E-state index in [1.54, 1.807) is 0 Å². The molecule has 0 aromatic rings. The Balaban J connectivity index is 0. The van der Waals surface area contributed by atoms with Gasteiger partial charge in [-0.2, -0.15) is 22.0 Å². The fourth-order valence-electron chi connectivity index (χ4n) is 0.230. The summed E-state index contributed by atoms with van der Waals surface area (Å²) in [6.07, 6.45) is -5.80. The van der Waals surface area contributed by atoms with Crippen molar-refractivity contribution in [2.24, 2.45) is 0 Å². The third-order valence-corrected chi connectivity index (χ3v) is 1.31. The van der Waals surface area contributed by atoms with Crippen molar-refractivity contribution >= 4 is 11.1 Å². The van der Waals surface area contributed by atoms with Crippen LogP contribution in [0.2, 0.25) is 0 Å². The van der Waals surface area contributed by atoms with Crippen LogP contribution in [0.1, 0.15) is 0 Å². The molecule has 0 aliphatic carbocycles. The maximum atomic E-state index is 11.7. The first-order valence-electron chi connectivity index (χ1n) is 2.17. The summed E-state index contributed by atoms with van der Waals surface area (Å²) in [6, 6.07) is 0. The van der Waals surface area contributed by atoms with Gasteiger partial charge in [0.05, 0.1) is 5.75 Å². The summed E-state index contributed by atoms with van der Waals surface area (Å²) in [4.78, 5) is 0. The fraction of sp³-hybridized carbons (Fsp3) is 1.00. The van der Waals surface area contributed by atoms with Gasteiger partial charge in [-0.15, -0.1) is 0 Å². The predicted molar refractivity (Wildman–Crippen MR) is 24.8 cm³/mol. The molecule has 0 heterocycles. The summed E-state index contributed by atoms with van der Waals surface area (Å²) in [5.74, 6) is -7.38. The van der Waals surface area contributed by atoms with Crippen molar-refractivity contribution in [3.05, 3.63) is 0 Å². The summed E-state index contributed by atoms with van der Waals surface area (Å²) >= 11 is -3.40. The van der Waals surface area contributed by atoms with Gasteiger partial charge in [-0.3, -0.25) is 4.21 Å². The first kappa shape index (κ1) is 15.2. The van der Waals surface area contributed by atoms with Gasteiger partial charge in [-0.05, 0) is 11.1 Å². The molecule has 0 fully saturated rings. The number of halogens is 5. The van der Waals surface area contributed by atoms with Gasteiger partial charge in [0.15, 0.2) is 0 Å². The van der Waals surface area contributed by atoms with Gasteiger partial charge < -0.3 is 4.55 Å². The Labute approximate surface area is 89.1 Å². The molecule has 0 radical (unpaired) electrons. The molecule has 12 heavy (non-hydrogen) atoms. The van der Waals surface area contributed by atoms with Crippen molar-refractivity contribution in [3.8, 4) is 0 Å². The third-order valence-electron chi connectivity index (χ3n) is 0.714. The summed E-state index contributed by atoms with van der Waals surface area (Å²) in [5.41, 5.74) is 0. The number of hydrogen-bond donors (Lipinski definition) is 0. The van der Waals surface area contributed by atoms with Crippen molar-refractivity contribution < 1.29 is 60.3 Å². The summed E-state index contributed by atoms with van der Waals surface area (Å²) in [5, 5.41) is 0. The molecule has 0 aromatic heterocycles. The van der Waals surface area contributed by atoms with Crippen LogP contribution in [0.4, 0.5) is 22.0 Å². The zero-order valence-corrected chi connectivity index (χ0v) is 8.64. The maximum Gasteiger partial charge on any atom is 1.00 e. The predicted octanol–water partition coefficient (Wildman–Crippen LogP) is -1.93. The van der Waals surface area contributed by atoms with Gasteiger partial charge in [0.1, 0.15) is 0 Å². The molecule has 2 nitrogen and oxygen atoms in total. The normalized spacial score (nSPS) is 15.2. The Morgan fingerprint density at radius 3 is 1.58 bits per heavy atom. The van der Waals surface area contributed by atoms with Gasteiger partial charge >= 0.3 is 41.7 Å². The molecule has 9 heteroatoms. The molecular weight excluding hydrogens is 218 g/mol. The molecule has 0 amide bonds. The standard InChI is InChI=1S/C3H3F5O2S.Na/c4-2(5,1-11(9)10)3(6,7)8;/h1H2,(H,9,10);/q;+1/p-1. The number of hydrogen-bond acceptors (Lipinski definition) is 2. The van der Waals surface area contributed by atoms with Crippen LogP contribution in [0.3, 0.4) is 0 Å². The topological polar surface area (TPSA) is 40.1 Å². The van der Waals surface area contributed by atoms with Crippen molar-refractivity contribution in [1.29, 1.82) is 0 Å². The first-order valence-corrected chi connectivity index (χ1v) is 3.41. The van der Waals surface area contributed by atoms with E-state index in [0.29, 0.717) is 0 Å². The minimum absolute atomic E-state index is 0. The Kier molecular flexibility index (Phi) is 6.16. The van der Waals surface area contributed by atoms with E-state index in [0.717, 1.165) is 0 Å². The molecule has 0 rings (SSSR count). The molecule has 68 valence electrons. The largest absolute Gasteiger partial charge is 1.00 e. The van der Waals surface area contributed by atoms with Gasteiger partial charge in [0, 0.05) is 0 Å². The SMILES string of the molecule is O=S([O-])CC(F)(F)C(F)(F)F.[Na+]. The quantitative estimate of drug-likeness (QED) is 0.309. The zero-order valence-electron chi connectivity index (χ0n) is 5.82. The molecule has 0 spiro atoms. The van der Waals surface area contributed by atoms with Crippen LogP contribution in [0, 0.1) is 0 Å². The number of rotatable bonds is 2. The Morgan fingerprint density at radius 2 is 1.50 bits per heavy atom. The first-order chi connectivity index (χ1) is 4.67. The third kappa shape index (κ3) is 4.70. The summed E-state index contributed by atoms with van der Waals surface area (Å²) in [6.45, 7) is 0. The molecule has 0 aromatic carbocycles. The van der Waals surface area contributed by atoms with Crippen LogP contribution in [-0.2, 0) is 11.1 Å². The molecular formula is C3H2F5NaO2S. The van der Waals surface area contributed by atoms with E-state index in [9.17, 15) is 30.7 Å². The minimum Gasteiger partial charge on any atom is -0.772 e. The van der Waals surface area contributed by atoms with Crippen LogP contribution in [-0.4, -0.2) is 26.6 Å². The van der Waals surface area contributed by atoms with Crippen LogP contribution in [0.5, 0.6) is 0 Å². The second-order valence-electron chi connectivity index (χ2n) is 1.65. The molecule has 0 aliphatic rings. The van der Waals surface area contributed by atoms with E-state index in [2.05, 4.69) is 0 Å². The second kappa shape index (κ2) is 4.85. The van der Waals surface area contributed by atoms with Gasteiger partial charge in [-0.25, -0.2) is 0 Å². The van der Waals surface area contributed by atoms with E-state index < -0.39 is 28.9 Å². The fourth-order valence-corrected chi connectivity index (χ4v) is 0.690. The molecule has 1 unspecified atom stereocenters. The van der Waals surface area contributed by atoms with E-state index in [1.807, 2.05) is 0 Å². The molecule has 0 saturated heterocycles. The summed E-state index contributed by atoms with van der Waals surface area (Å²) < 4.78 is 75.8. The smallest absolute Gasteiger partial charge is 0.772 e. The molecule has 0 bridgehead atoms. The molecule has 0 saturated carbocycles. The van der Waals surface area contributed by atoms with Crippen LogP contribution >= 0.6 is 0 Å². The Bertz CT molecular complexity index is 169. The van der Waals surface area contributed by atoms with Crippen molar-refractivity contribution in [3.63, 3.8) is 0 Å². The monoisotopic (exact) mass is 220 g/mol. The van der Waals surface area contributed by atoms with Crippen molar-refractivity contribution in [1.82, 2.24) is 0 Å². The number of alkyl halides is 5. The van der Waals surface area contributed by atoms with E-state index >= 15 is 0 Å². The van der Waals surface area contributed by atoms with Crippen LogP contribution < -0.4 is 29.6 Å². The minimum atomic E-state index is -5.80. The summed E-state index contributed by atoms with van der Waals surface area (Å²) in [7, 11) is 0. The Hall–Kier alpha value is 0.760. The van der Waals surface area contributed by atoms with E-state index in [4.69, 9.17) is 0 Å². The maximum absolute atomic E-state index is 11.7. The Morgan fingerprint density at radius 1 is 1.17 bits per heavy atom. The average molecular weight is 220 g/mol. The van der Waals surface area contributed by atoms with E-state index in [-0.39, 0.29) is 29.6 Å². The van der Waals surface area contributed by atoms with Crippen LogP contribution in [0.25, 0.3) is 0 Å². The van der Waals surface area contributed by atoms with Gasteiger partial charge in [-0.1, -0.05) is 0 Å². The van der Waals surface area contributed by atoms with Crippen molar-refractivity contribution in [2.45, 2.75) is 12.1 Å². The van der Waals surface area contributed by atoms with E-state index in [1.165, 1.54) is 0 Å². The molecule has 1 atom stereocenters. The zero-order chi connectivity index (χ0) is 9.28. The van der Waals surface area contributed by atoms with Gasteiger partial charge in [0.2, 0.25) is 0 Å². The second-order valence-corrected chi connectivity index (χ2v) is 2.55. The molecule has 0 aliphatic heterocycles. The van der Waals surface area contributed by atoms with Gasteiger partial charge in [0.25, 0.3) is 0 Å². The van der Waals surface area contributed by atoms with Crippen LogP contribution in [0.15, 0.2) is 0 Å². The average Bonchev–Trinajstić information content (AvgIpc) is 1.56. The van der Waals surface area contributed by atoms with Crippen molar-refractivity contribution in [2.75, 3.05) is 5.75 Å².